The lowest BCUT2D eigenvalue weighted by atomic mass is 10.1. The number of ether oxygens (including phenoxy) is 1. The minimum absolute atomic E-state index is 0.0193. The first-order chi connectivity index (χ1) is 14.5. The molecule has 0 radical (unpaired) electrons. The molecule has 2 atom stereocenters. The first kappa shape index (κ1) is 20.6. The van der Waals surface area contributed by atoms with Gasteiger partial charge in [-0.15, -0.1) is 0 Å². The van der Waals surface area contributed by atoms with Crippen molar-refractivity contribution < 1.29 is 9.53 Å². The third-order valence-corrected chi connectivity index (χ3v) is 6.36. The Balaban J connectivity index is 1.64. The van der Waals surface area contributed by atoms with Crippen LogP contribution in [0.15, 0.2) is 58.5 Å². The minimum Gasteiger partial charge on any atom is -0.383 e. The Morgan fingerprint density at radius 2 is 1.97 bits per heavy atom. The molecule has 1 aliphatic heterocycles. The number of methoxy groups -OCH3 is 1. The molecule has 2 unspecified atom stereocenters. The first-order valence-corrected chi connectivity index (χ1v) is 11.0. The lowest BCUT2D eigenvalue weighted by Crippen LogP contribution is -2.37. The summed E-state index contributed by atoms with van der Waals surface area (Å²) in [6.07, 6.45) is 0.858. The van der Waals surface area contributed by atoms with E-state index in [0.29, 0.717) is 22.7 Å². The van der Waals surface area contributed by atoms with Crippen molar-refractivity contribution in [2.45, 2.75) is 37.5 Å². The summed E-state index contributed by atoms with van der Waals surface area (Å²) in [4.78, 5) is 32.8. The van der Waals surface area contributed by atoms with Crippen LogP contribution in [0.4, 0.5) is 5.69 Å². The number of benzene rings is 2. The maximum atomic E-state index is 13.1. The molecular formula is C23H25N3O3S. The van der Waals surface area contributed by atoms with E-state index in [9.17, 15) is 9.59 Å². The summed E-state index contributed by atoms with van der Waals surface area (Å²) >= 11 is 1.31. The average Bonchev–Trinajstić information content (AvgIpc) is 3.08. The van der Waals surface area contributed by atoms with Gasteiger partial charge in [-0.2, -0.15) is 0 Å². The second kappa shape index (κ2) is 8.62. The molecule has 2 aromatic carbocycles. The van der Waals surface area contributed by atoms with Gasteiger partial charge in [-0.05, 0) is 44.0 Å². The molecule has 0 bridgehead atoms. The van der Waals surface area contributed by atoms with Crippen molar-refractivity contribution in [2.75, 3.05) is 24.4 Å². The summed E-state index contributed by atoms with van der Waals surface area (Å²) in [5.74, 6) is 0.231. The highest BCUT2D eigenvalue weighted by molar-refractivity contribution is 7.99. The Morgan fingerprint density at radius 1 is 1.23 bits per heavy atom. The van der Waals surface area contributed by atoms with Crippen molar-refractivity contribution in [3.8, 4) is 0 Å². The molecule has 1 aromatic heterocycles. The summed E-state index contributed by atoms with van der Waals surface area (Å²) in [6, 6.07) is 15.3. The predicted molar refractivity (Wildman–Crippen MR) is 120 cm³/mol. The van der Waals surface area contributed by atoms with Crippen molar-refractivity contribution >= 4 is 34.3 Å². The monoisotopic (exact) mass is 423 g/mol. The van der Waals surface area contributed by atoms with Crippen molar-refractivity contribution in [1.29, 1.82) is 0 Å². The van der Waals surface area contributed by atoms with E-state index >= 15 is 0 Å². The Kier molecular flexibility index (Phi) is 5.92. The molecule has 0 saturated carbocycles. The van der Waals surface area contributed by atoms with E-state index in [1.807, 2.05) is 48.2 Å². The van der Waals surface area contributed by atoms with Gasteiger partial charge in [0.15, 0.2) is 5.16 Å². The number of carbonyl (C=O) groups excluding carboxylic acids is 1. The molecule has 0 N–H and O–H groups in total. The Bertz CT molecular complexity index is 1140. The molecular weight excluding hydrogens is 398 g/mol. The molecule has 1 amide bonds. The Morgan fingerprint density at radius 3 is 2.77 bits per heavy atom. The van der Waals surface area contributed by atoms with E-state index < -0.39 is 0 Å². The van der Waals surface area contributed by atoms with Crippen molar-refractivity contribution in [3.05, 3.63) is 64.4 Å². The number of carbonyl (C=O) groups is 1. The number of fused-ring (bicyclic) bond motifs is 2. The zero-order valence-electron chi connectivity index (χ0n) is 17.4. The standard InChI is InChI=1S/C23H25N3O3S/c1-15-12-17-8-4-7-11-20(17)25(15)21(27)14-30-23-24-19-10-6-5-9-18(19)22(28)26(23)16(2)13-29-3/h4-11,15-16H,12-14H2,1-3H3. The number of hydrogen-bond donors (Lipinski definition) is 0. The molecule has 0 saturated heterocycles. The molecule has 0 aliphatic carbocycles. The van der Waals surface area contributed by atoms with Crippen LogP contribution in [-0.2, 0) is 16.0 Å². The molecule has 30 heavy (non-hydrogen) atoms. The van der Waals surface area contributed by atoms with E-state index in [-0.39, 0.29) is 29.3 Å². The van der Waals surface area contributed by atoms with Gasteiger partial charge in [0, 0.05) is 18.8 Å². The normalized spacial score (nSPS) is 16.6. The second-order valence-electron chi connectivity index (χ2n) is 7.63. The Hall–Kier alpha value is -2.64. The van der Waals surface area contributed by atoms with E-state index in [1.165, 1.54) is 17.3 Å². The van der Waals surface area contributed by atoms with Crippen LogP contribution in [0, 0.1) is 0 Å². The molecule has 0 spiro atoms. The molecule has 2 heterocycles. The van der Waals surface area contributed by atoms with Crippen LogP contribution in [0.1, 0.15) is 25.5 Å². The fourth-order valence-electron chi connectivity index (χ4n) is 4.07. The summed E-state index contributed by atoms with van der Waals surface area (Å²) in [7, 11) is 1.61. The quantitative estimate of drug-likeness (QED) is 0.447. The topological polar surface area (TPSA) is 64.4 Å². The minimum atomic E-state index is -0.191. The largest absolute Gasteiger partial charge is 0.383 e. The van der Waals surface area contributed by atoms with Crippen molar-refractivity contribution in [3.63, 3.8) is 0 Å². The van der Waals surface area contributed by atoms with E-state index in [2.05, 4.69) is 13.0 Å². The highest BCUT2D eigenvalue weighted by Crippen LogP contribution is 2.33. The number of amides is 1. The molecule has 7 heteroatoms. The second-order valence-corrected chi connectivity index (χ2v) is 8.57. The summed E-state index contributed by atoms with van der Waals surface area (Å²) in [5, 5.41) is 1.11. The number of aromatic nitrogens is 2. The van der Waals surface area contributed by atoms with Crippen molar-refractivity contribution in [2.24, 2.45) is 0 Å². The predicted octanol–water partition coefficient (Wildman–Crippen LogP) is 3.67. The highest BCUT2D eigenvalue weighted by Gasteiger charge is 2.30. The maximum absolute atomic E-state index is 13.1. The maximum Gasteiger partial charge on any atom is 0.262 e. The van der Waals surface area contributed by atoms with Gasteiger partial charge < -0.3 is 9.64 Å². The van der Waals surface area contributed by atoms with Gasteiger partial charge in [-0.3, -0.25) is 14.2 Å². The van der Waals surface area contributed by atoms with Gasteiger partial charge in [0.25, 0.3) is 5.56 Å². The van der Waals surface area contributed by atoms with Crippen LogP contribution in [-0.4, -0.2) is 41.0 Å². The molecule has 6 nitrogen and oxygen atoms in total. The number of nitrogens with zero attached hydrogens (tertiary/aromatic N) is 3. The number of anilines is 1. The lowest BCUT2D eigenvalue weighted by molar-refractivity contribution is -0.116. The molecule has 3 aromatic rings. The summed E-state index contributed by atoms with van der Waals surface area (Å²) in [5.41, 5.74) is 2.70. The van der Waals surface area contributed by atoms with Crippen LogP contribution in [0.25, 0.3) is 10.9 Å². The fourth-order valence-corrected chi connectivity index (χ4v) is 5.03. The van der Waals surface area contributed by atoms with Crippen LogP contribution in [0.2, 0.25) is 0 Å². The Labute approximate surface area is 179 Å². The number of rotatable bonds is 6. The SMILES string of the molecule is COCC(C)n1c(SCC(=O)N2c3ccccc3CC2C)nc2ccccc2c1=O. The van der Waals surface area contributed by atoms with Gasteiger partial charge in [0.2, 0.25) is 5.91 Å². The molecule has 156 valence electrons. The third-order valence-electron chi connectivity index (χ3n) is 5.42. The van der Waals surface area contributed by atoms with Crippen LogP contribution >= 0.6 is 11.8 Å². The molecule has 0 fully saturated rings. The number of para-hydroxylation sites is 2. The van der Waals surface area contributed by atoms with E-state index in [0.717, 1.165) is 12.1 Å². The number of hydrogen-bond acceptors (Lipinski definition) is 5. The molecule has 4 rings (SSSR count). The van der Waals surface area contributed by atoms with Gasteiger partial charge >= 0.3 is 0 Å². The van der Waals surface area contributed by atoms with E-state index in [4.69, 9.17) is 9.72 Å². The fraction of sp³-hybridized carbons (Fsp3) is 0.348. The zero-order chi connectivity index (χ0) is 21.3. The van der Waals surface area contributed by atoms with Gasteiger partial charge in [-0.25, -0.2) is 4.98 Å². The van der Waals surface area contributed by atoms with Gasteiger partial charge in [-0.1, -0.05) is 42.1 Å². The third kappa shape index (κ3) is 3.75. The molecule has 1 aliphatic rings. The summed E-state index contributed by atoms with van der Waals surface area (Å²) in [6.45, 7) is 4.37. The first-order valence-electron chi connectivity index (χ1n) is 10.0. The number of thioether (sulfide) groups is 1. The smallest absolute Gasteiger partial charge is 0.262 e. The average molecular weight is 424 g/mol. The van der Waals surface area contributed by atoms with Gasteiger partial charge in [0.05, 0.1) is 29.3 Å². The zero-order valence-corrected chi connectivity index (χ0v) is 18.2. The van der Waals surface area contributed by atoms with E-state index in [1.54, 1.807) is 17.7 Å². The highest BCUT2D eigenvalue weighted by atomic mass is 32.2. The summed E-state index contributed by atoms with van der Waals surface area (Å²) < 4.78 is 6.91. The van der Waals surface area contributed by atoms with Gasteiger partial charge in [0.1, 0.15) is 0 Å². The van der Waals surface area contributed by atoms with Crippen LogP contribution in [0.3, 0.4) is 0 Å². The lowest BCUT2D eigenvalue weighted by Gasteiger charge is -2.23. The van der Waals surface area contributed by atoms with Crippen LogP contribution < -0.4 is 10.5 Å². The van der Waals surface area contributed by atoms with Crippen molar-refractivity contribution in [1.82, 2.24) is 9.55 Å². The van der Waals surface area contributed by atoms with Crippen LogP contribution in [0.5, 0.6) is 0 Å².